The van der Waals surface area contributed by atoms with Crippen molar-refractivity contribution in [1.82, 2.24) is 10.3 Å². The van der Waals surface area contributed by atoms with Crippen LogP contribution in [0.5, 0.6) is 0 Å². The van der Waals surface area contributed by atoms with E-state index in [1.54, 1.807) is 6.20 Å². The van der Waals surface area contributed by atoms with Crippen LogP contribution >= 0.6 is 0 Å². The molecule has 0 saturated carbocycles. The molecular weight excluding hydrogens is 192 g/mol. The van der Waals surface area contributed by atoms with Crippen molar-refractivity contribution in [2.45, 2.75) is 33.2 Å². The van der Waals surface area contributed by atoms with Gasteiger partial charge in [0.25, 0.3) is 0 Å². The maximum absolute atomic E-state index is 5.62. The molecule has 0 aliphatic heterocycles. The topological polar surface area (TPSA) is 76.4 Å². The SMILES string of the molecule is CCCNC(N)=NCc1ncc(CC)o1. The van der Waals surface area contributed by atoms with Gasteiger partial charge in [0.15, 0.2) is 5.96 Å². The molecule has 0 radical (unpaired) electrons. The lowest BCUT2D eigenvalue weighted by molar-refractivity contribution is 0.461. The fraction of sp³-hybridized carbons (Fsp3) is 0.600. The molecule has 1 heterocycles. The maximum atomic E-state index is 5.62. The molecule has 1 aromatic heterocycles. The quantitative estimate of drug-likeness (QED) is 0.562. The fourth-order valence-electron chi connectivity index (χ4n) is 1.05. The number of oxazole rings is 1. The van der Waals surface area contributed by atoms with Gasteiger partial charge in [-0.3, -0.25) is 0 Å². The molecule has 0 fully saturated rings. The van der Waals surface area contributed by atoms with Gasteiger partial charge in [-0.25, -0.2) is 9.98 Å². The second kappa shape index (κ2) is 6.06. The van der Waals surface area contributed by atoms with Gasteiger partial charge in [-0.1, -0.05) is 13.8 Å². The Labute approximate surface area is 89.8 Å². The van der Waals surface area contributed by atoms with Crippen molar-refractivity contribution in [3.8, 4) is 0 Å². The van der Waals surface area contributed by atoms with Crippen molar-refractivity contribution >= 4 is 5.96 Å². The van der Waals surface area contributed by atoms with Crippen LogP contribution in [0.1, 0.15) is 31.9 Å². The molecule has 5 nitrogen and oxygen atoms in total. The van der Waals surface area contributed by atoms with E-state index in [-0.39, 0.29) is 0 Å². The molecule has 1 rings (SSSR count). The molecule has 0 aliphatic rings. The van der Waals surface area contributed by atoms with E-state index in [0.717, 1.165) is 25.1 Å². The number of rotatable bonds is 5. The van der Waals surface area contributed by atoms with Crippen molar-refractivity contribution in [3.05, 3.63) is 17.8 Å². The molecule has 0 bridgehead atoms. The summed E-state index contributed by atoms with van der Waals surface area (Å²) in [7, 11) is 0. The Morgan fingerprint density at radius 2 is 2.40 bits per heavy atom. The molecule has 15 heavy (non-hydrogen) atoms. The van der Waals surface area contributed by atoms with Gasteiger partial charge in [0.2, 0.25) is 5.89 Å². The maximum Gasteiger partial charge on any atom is 0.216 e. The van der Waals surface area contributed by atoms with Crippen LogP contribution in [-0.2, 0) is 13.0 Å². The van der Waals surface area contributed by atoms with Gasteiger partial charge in [-0.05, 0) is 6.42 Å². The monoisotopic (exact) mass is 210 g/mol. The van der Waals surface area contributed by atoms with E-state index in [1.165, 1.54) is 0 Å². The van der Waals surface area contributed by atoms with Gasteiger partial charge in [0, 0.05) is 13.0 Å². The van der Waals surface area contributed by atoms with Gasteiger partial charge in [0.1, 0.15) is 12.3 Å². The van der Waals surface area contributed by atoms with E-state index in [9.17, 15) is 0 Å². The molecular formula is C10H18N4O. The highest BCUT2D eigenvalue weighted by Gasteiger charge is 2.00. The van der Waals surface area contributed by atoms with Crippen molar-refractivity contribution < 1.29 is 4.42 Å². The third kappa shape index (κ3) is 4.01. The molecule has 1 aromatic rings. The first-order valence-electron chi connectivity index (χ1n) is 5.23. The minimum Gasteiger partial charge on any atom is -0.444 e. The number of aliphatic imine (C=N–C) groups is 1. The van der Waals surface area contributed by atoms with Crippen LogP contribution in [0.25, 0.3) is 0 Å². The Balaban J connectivity index is 2.41. The smallest absolute Gasteiger partial charge is 0.216 e. The Hall–Kier alpha value is -1.52. The van der Waals surface area contributed by atoms with E-state index in [1.807, 2.05) is 6.92 Å². The summed E-state index contributed by atoms with van der Waals surface area (Å²) in [6, 6.07) is 0. The Morgan fingerprint density at radius 3 is 3.00 bits per heavy atom. The number of hydrogen-bond donors (Lipinski definition) is 2. The minimum atomic E-state index is 0.391. The van der Waals surface area contributed by atoms with E-state index in [4.69, 9.17) is 10.2 Å². The van der Waals surface area contributed by atoms with Crippen LogP contribution in [0.2, 0.25) is 0 Å². The molecule has 0 atom stereocenters. The number of guanidine groups is 1. The summed E-state index contributed by atoms with van der Waals surface area (Å²) in [6.45, 7) is 5.32. The first-order valence-corrected chi connectivity index (χ1v) is 5.23. The molecule has 0 aliphatic carbocycles. The lowest BCUT2D eigenvalue weighted by Crippen LogP contribution is -2.32. The number of nitrogens with two attached hydrogens (primary N) is 1. The number of aryl methyl sites for hydroxylation is 1. The first-order chi connectivity index (χ1) is 7.26. The van der Waals surface area contributed by atoms with Crippen molar-refractivity contribution in [3.63, 3.8) is 0 Å². The highest BCUT2D eigenvalue weighted by molar-refractivity contribution is 5.77. The summed E-state index contributed by atoms with van der Waals surface area (Å²) >= 11 is 0. The Morgan fingerprint density at radius 1 is 1.60 bits per heavy atom. The van der Waals surface area contributed by atoms with Crippen LogP contribution in [0.3, 0.4) is 0 Å². The first kappa shape index (κ1) is 11.6. The largest absolute Gasteiger partial charge is 0.444 e. The molecule has 0 amide bonds. The summed E-state index contributed by atoms with van der Waals surface area (Å²) in [4.78, 5) is 8.19. The van der Waals surface area contributed by atoms with E-state index >= 15 is 0 Å². The van der Waals surface area contributed by atoms with Gasteiger partial charge >= 0.3 is 0 Å². The summed E-state index contributed by atoms with van der Waals surface area (Å²) in [5, 5.41) is 2.98. The minimum absolute atomic E-state index is 0.391. The molecule has 84 valence electrons. The highest BCUT2D eigenvalue weighted by atomic mass is 16.4. The summed E-state index contributed by atoms with van der Waals surface area (Å²) in [5.41, 5.74) is 5.62. The lowest BCUT2D eigenvalue weighted by atomic mass is 10.4. The Kier molecular flexibility index (Phi) is 4.66. The third-order valence-corrected chi connectivity index (χ3v) is 1.89. The zero-order valence-electron chi connectivity index (χ0n) is 9.29. The summed E-state index contributed by atoms with van der Waals surface area (Å²) < 4.78 is 5.39. The molecule has 0 saturated heterocycles. The molecule has 0 unspecified atom stereocenters. The predicted molar refractivity (Wildman–Crippen MR) is 59.5 cm³/mol. The molecule has 5 heteroatoms. The number of nitrogens with zero attached hydrogens (tertiary/aromatic N) is 2. The van der Waals surface area contributed by atoms with Crippen LogP contribution in [0.15, 0.2) is 15.6 Å². The van der Waals surface area contributed by atoms with Gasteiger partial charge in [-0.2, -0.15) is 0 Å². The Bertz CT molecular complexity index is 319. The van der Waals surface area contributed by atoms with Crippen LogP contribution in [0, 0.1) is 0 Å². The van der Waals surface area contributed by atoms with Gasteiger partial charge in [-0.15, -0.1) is 0 Å². The average molecular weight is 210 g/mol. The average Bonchev–Trinajstić information content (AvgIpc) is 2.71. The molecule has 3 N–H and O–H groups in total. The second-order valence-electron chi connectivity index (χ2n) is 3.20. The van der Waals surface area contributed by atoms with Crippen LogP contribution < -0.4 is 11.1 Å². The predicted octanol–water partition coefficient (Wildman–Crippen LogP) is 1.05. The fourth-order valence-corrected chi connectivity index (χ4v) is 1.05. The van der Waals surface area contributed by atoms with E-state index in [0.29, 0.717) is 18.4 Å². The lowest BCUT2D eigenvalue weighted by Gasteiger charge is -2.01. The van der Waals surface area contributed by atoms with E-state index < -0.39 is 0 Å². The normalized spacial score (nSPS) is 11.7. The van der Waals surface area contributed by atoms with Crippen LogP contribution in [-0.4, -0.2) is 17.5 Å². The highest BCUT2D eigenvalue weighted by Crippen LogP contribution is 2.04. The van der Waals surface area contributed by atoms with E-state index in [2.05, 4.69) is 22.2 Å². The van der Waals surface area contributed by atoms with Gasteiger partial charge < -0.3 is 15.5 Å². The summed E-state index contributed by atoms with van der Waals surface area (Å²) in [6.07, 6.45) is 3.59. The standard InChI is InChI=1S/C10H18N4O/c1-3-5-12-10(11)14-7-9-13-6-8(4-2)15-9/h6H,3-5,7H2,1-2H3,(H3,11,12,14). The van der Waals surface area contributed by atoms with Crippen LogP contribution in [0.4, 0.5) is 0 Å². The number of nitrogens with one attached hydrogen (secondary N) is 1. The van der Waals surface area contributed by atoms with Crippen molar-refractivity contribution in [1.29, 1.82) is 0 Å². The third-order valence-electron chi connectivity index (χ3n) is 1.89. The second-order valence-corrected chi connectivity index (χ2v) is 3.20. The van der Waals surface area contributed by atoms with Crippen molar-refractivity contribution in [2.24, 2.45) is 10.7 Å². The summed E-state index contributed by atoms with van der Waals surface area (Å²) in [5.74, 6) is 1.92. The van der Waals surface area contributed by atoms with Gasteiger partial charge in [0.05, 0.1) is 6.20 Å². The molecule has 0 aromatic carbocycles. The zero-order chi connectivity index (χ0) is 11.1. The number of aromatic nitrogens is 1. The zero-order valence-corrected chi connectivity index (χ0v) is 9.29. The number of hydrogen-bond acceptors (Lipinski definition) is 3. The van der Waals surface area contributed by atoms with Crippen molar-refractivity contribution in [2.75, 3.05) is 6.54 Å². The molecule has 0 spiro atoms.